The number of aromatic nitrogens is 5. The number of benzene rings is 1. The topological polar surface area (TPSA) is 106 Å². The Balaban J connectivity index is 1.73. The predicted molar refractivity (Wildman–Crippen MR) is 105 cm³/mol. The molecule has 0 atom stereocenters. The molecule has 8 heteroatoms. The van der Waals surface area contributed by atoms with E-state index in [-0.39, 0.29) is 5.91 Å². The van der Waals surface area contributed by atoms with Crippen LogP contribution in [0.15, 0.2) is 36.7 Å². The largest absolute Gasteiger partial charge is 0.382 e. The lowest BCUT2D eigenvalue weighted by Crippen LogP contribution is -2.31. The van der Waals surface area contributed by atoms with Gasteiger partial charge in [0.25, 0.3) is 0 Å². The number of amides is 1. The number of carbonyl (C=O) groups is 1. The van der Waals surface area contributed by atoms with Crippen molar-refractivity contribution in [3.63, 3.8) is 0 Å². The fourth-order valence-electron chi connectivity index (χ4n) is 3.30. The number of carbonyl (C=O) groups excluding carboxylic acids is 1. The van der Waals surface area contributed by atoms with E-state index < -0.39 is 0 Å². The lowest BCUT2D eigenvalue weighted by molar-refractivity contribution is -0.128. The quantitative estimate of drug-likeness (QED) is 0.566. The molecule has 3 aromatic heterocycles. The van der Waals surface area contributed by atoms with E-state index in [2.05, 4.69) is 20.3 Å². The van der Waals surface area contributed by atoms with Gasteiger partial charge in [-0.1, -0.05) is 12.1 Å². The maximum atomic E-state index is 11.6. The number of rotatable bonds is 5. The van der Waals surface area contributed by atoms with Gasteiger partial charge in [-0.15, -0.1) is 0 Å². The van der Waals surface area contributed by atoms with Crippen molar-refractivity contribution in [3.05, 3.63) is 36.7 Å². The van der Waals surface area contributed by atoms with Crippen LogP contribution in [-0.2, 0) is 11.3 Å². The fourth-order valence-corrected chi connectivity index (χ4v) is 3.30. The second-order valence-corrected chi connectivity index (χ2v) is 6.45. The first kappa shape index (κ1) is 17.0. The fraction of sp³-hybridized carbons (Fsp3) is 0.263. The van der Waals surface area contributed by atoms with E-state index in [1.54, 1.807) is 18.0 Å². The van der Waals surface area contributed by atoms with Crippen molar-refractivity contribution in [3.8, 4) is 11.3 Å². The summed E-state index contributed by atoms with van der Waals surface area (Å²) in [5, 5.41) is 13.5. The Morgan fingerprint density at radius 1 is 1.30 bits per heavy atom. The highest BCUT2D eigenvalue weighted by Gasteiger charge is 2.13. The summed E-state index contributed by atoms with van der Waals surface area (Å²) in [5.41, 5.74) is 9.58. The molecule has 138 valence electrons. The number of nitrogens with zero attached hydrogens (tertiary/aromatic N) is 5. The Labute approximate surface area is 156 Å². The van der Waals surface area contributed by atoms with Crippen molar-refractivity contribution in [2.75, 3.05) is 18.8 Å². The number of pyridine rings is 1. The van der Waals surface area contributed by atoms with E-state index in [0.29, 0.717) is 31.0 Å². The Hall–Kier alpha value is -3.42. The zero-order valence-electron chi connectivity index (χ0n) is 15.3. The number of anilines is 1. The molecule has 0 unspecified atom stereocenters. The van der Waals surface area contributed by atoms with E-state index in [1.807, 2.05) is 42.1 Å². The Kier molecular flexibility index (Phi) is 4.23. The number of nitrogen functional groups attached to an aromatic ring is 1. The molecule has 4 rings (SSSR count). The highest BCUT2D eigenvalue weighted by molar-refractivity contribution is 6.08. The smallest absolute Gasteiger partial charge is 0.219 e. The number of fused-ring (bicyclic) bond motifs is 3. The highest BCUT2D eigenvalue weighted by atomic mass is 16.2. The van der Waals surface area contributed by atoms with Crippen LogP contribution in [-0.4, -0.2) is 48.9 Å². The molecule has 27 heavy (non-hydrogen) atoms. The van der Waals surface area contributed by atoms with Gasteiger partial charge in [-0.05, 0) is 19.1 Å². The van der Waals surface area contributed by atoms with Crippen molar-refractivity contribution in [1.82, 2.24) is 29.9 Å². The summed E-state index contributed by atoms with van der Waals surface area (Å²) in [6, 6.07) is 7.96. The van der Waals surface area contributed by atoms with Crippen molar-refractivity contribution < 1.29 is 4.79 Å². The third-order valence-electron chi connectivity index (χ3n) is 4.77. The third-order valence-corrected chi connectivity index (χ3v) is 4.77. The molecular formula is C19H21N7O. The Morgan fingerprint density at radius 3 is 2.85 bits per heavy atom. The van der Waals surface area contributed by atoms with Gasteiger partial charge in [-0.3, -0.25) is 14.6 Å². The molecule has 0 bridgehead atoms. The molecule has 3 heterocycles. The van der Waals surface area contributed by atoms with Crippen LogP contribution >= 0.6 is 0 Å². The van der Waals surface area contributed by atoms with Crippen molar-refractivity contribution in [1.29, 1.82) is 0 Å². The van der Waals surface area contributed by atoms with E-state index in [0.717, 1.165) is 27.5 Å². The number of nitrogens with one attached hydrogen (secondary N) is 1. The van der Waals surface area contributed by atoms with Crippen LogP contribution in [0.5, 0.6) is 0 Å². The van der Waals surface area contributed by atoms with Crippen LogP contribution in [0.3, 0.4) is 0 Å². The third kappa shape index (κ3) is 3.10. The van der Waals surface area contributed by atoms with Crippen LogP contribution in [0.2, 0.25) is 0 Å². The molecule has 0 aliphatic carbocycles. The minimum atomic E-state index is 0.0622. The summed E-state index contributed by atoms with van der Waals surface area (Å²) in [4.78, 5) is 17.9. The molecule has 4 aromatic rings. The molecule has 0 radical (unpaired) electrons. The van der Waals surface area contributed by atoms with Gasteiger partial charge in [0.15, 0.2) is 5.82 Å². The molecule has 0 saturated carbocycles. The standard InChI is InChI=1S/C19H21N7O/c1-3-25(12(2)27)8-9-26-11-15-14-5-4-13(16-6-7-21-23-16)10-17(14)22-19(20)18(15)24-26/h4-7,10-11H,3,8-9H2,1-2H3,(H2,20,22)(H,21,23). The molecule has 0 aliphatic rings. The second-order valence-electron chi connectivity index (χ2n) is 6.45. The minimum absolute atomic E-state index is 0.0622. The summed E-state index contributed by atoms with van der Waals surface area (Å²) in [6.07, 6.45) is 3.69. The summed E-state index contributed by atoms with van der Waals surface area (Å²) in [7, 11) is 0. The molecule has 1 aromatic carbocycles. The molecule has 0 aliphatic heterocycles. The molecule has 8 nitrogen and oxygen atoms in total. The SMILES string of the molecule is CCN(CCn1cc2c(n1)c(N)nc1cc(-c3ccn[nH]3)ccc12)C(C)=O. The van der Waals surface area contributed by atoms with Crippen molar-refractivity contribution in [2.24, 2.45) is 0 Å². The van der Waals surface area contributed by atoms with Gasteiger partial charge in [-0.2, -0.15) is 10.2 Å². The highest BCUT2D eigenvalue weighted by Crippen LogP contribution is 2.29. The molecule has 1 amide bonds. The Morgan fingerprint density at radius 2 is 2.15 bits per heavy atom. The monoisotopic (exact) mass is 363 g/mol. The van der Waals surface area contributed by atoms with Crippen molar-refractivity contribution >= 4 is 33.5 Å². The van der Waals surface area contributed by atoms with E-state index in [4.69, 9.17) is 5.73 Å². The summed E-state index contributed by atoms with van der Waals surface area (Å²) < 4.78 is 1.83. The lowest BCUT2D eigenvalue weighted by atomic mass is 10.1. The van der Waals surface area contributed by atoms with Crippen LogP contribution < -0.4 is 5.73 Å². The summed E-state index contributed by atoms with van der Waals surface area (Å²) in [5.74, 6) is 0.462. The number of H-pyrrole nitrogens is 1. The molecule has 0 saturated heterocycles. The number of aromatic amines is 1. The molecule has 0 fully saturated rings. The summed E-state index contributed by atoms with van der Waals surface area (Å²) in [6.45, 7) is 5.44. The van der Waals surface area contributed by atoms with Gasteiger partial charge in [0.2, 0.25) is 5.91 Å². The first-order valence-corrected chi connectivity index (χ1v) is 8.88. The minimum Gasteiger partial charge on any atom is -0.382 e. The number of nitrogens with two attached hydrogens (primary N) is 1. The van der Waals surface area contributed by atoms with Crippen LogP contribution in [0.25, 0.3) is 33.1 Å². The van der Waals surface area contributed by atoms with E-state index in [9.17, 15) is 4.79 Å². The zero-order chi connectivity index (χ0) is 19.0. The average molecular weight is 363 g/mol. The van der Waals surface area contributed by atoms with Gasteiger partial charge in [0.05, 0.1) is 17.8 Å². The number of hydrogen-bond acceptors (Lipinski definition) is 5. The second kappa shape index (κ2) is 6.71. The molecular weight excluding hydrogens is 342 g/mol. The normalized spacial score (nSPS) is 11.3. The van der Waals surface area contributed by atoms with Crippen molar-refractivity contribution in [2.45, 2.75) is 20.4 Å². The van der Waals surface area contributed by atoms with Crippen LogP contribution in [0.1, 0.15) is 13.8 Å². The first-order chi connectivity index (χ1) is 13.1. The molecule has 3 N–H and O–H groups in total. The lowest BCUT2D eigenvalue weighted by Gasteiger charge is -2.18. The van der Waals surface area contributed by atoms with Gasteiger partial charge in [0, 0.05) is 48.7 Å². The Bertz CT molecular complexity index is 1110. The van der Waals surface area contributed by atoms with Crippen LogP contribution in [0, 0.1) is 0 Å². The van der Waals surface area contributed by atoms with Gasteiger partial charge in [0.1, 0.15) is 5.52 Å². The molecule has 0 spiro atoms. The van der Waals surface area contributed by atoms with Gasteiger partial charge in [-0.25, -0.2) is 4.98 Å². The van der Waals surface area contributed by atoms with E-state index >= 15 is 0 Å². The van der Waals surface area contributed by atoms with Gasteiger partial charge < -0.3 is 10.6 Å². The maximum Gasteiger partial charge on any atom is 0.219 e. The summed E-state index contributed by atoms with van der Waals surface area (Å²) >= 11 is 0. The van der Waals surface area contributed by atoms with Crippen LogP contribution in [0.4, 0.5) is 5.82 Å². The predicted octanol–water partition coefficient (Wildman–Crippen LogP) is 2.43. The van der Waals surface area contributed by atoms with E-state index in [1.165, 1.54) is 0 Å². The first-order valence-electron chi connectivity index (χ1n) is 8.88. The maximum absolute atomic E-state index is 11.6. The van der Waals surface area contributed by atoms with Gasteiger partial charge >= 0.3 is 0 Å². The zero-order valence-corrected chi connectivity index (χ0v) is 15.3. The number of hydrogen-bond donors (Lipinski definition) is 2. The average Bonchev–Trinajstić information content (AvgIpc) is 3.32. The number of likely N-dealkylation sites (N-methyl/N-ethyl adjacent to an activating group) is 1.